The maximum atomic E-state index is 10.8. The quantitative estimate of drug-likeness (QED) is 0.649. The number of aliphatic hydroxyl groups excluding tert-OH is 1. The molecule has 0 saturated carbocycles. The molecule has 0 heterocycles. The molecular formula is C27H29NO. The molecule has 3 aromatic rings. The summed E-state index contributed by atoms with van der Waals surface area (Å²) in [6, 6.07) is 27.5. The third-order valence-electron chi connectivity index (χ3n) is 6.16. The van der Waals surface area contributed by atoms with Gasteiger partial charge in [0.15, 0.2) is 0 Å². The molecule has 2 heteroatoms. The average molecular weight is 384 g/mol. The summed E-state index contributed by atoms with van der Waals surface area (Å²) in [6.45, 7) is 2.87. The van der Waals surface area contributed by atoms with E-state index in [9.17, 15) is 5.11 Å². The number of rotatable bonds is 5. The Morgan fingerprint density at radius 3 is 1.93 bits per heavy atom. The highest BCUT2D eigenvalue weighted by atomic mass is 16.3. The zero-order valence-electron chi connectivity index (χ0n) is 17.3. The van der Waals surface area contributed by atoms with E-state index in [0.29, 0.717) is 0 Å². The van der Waals surface area contributed by atoms with Gasteiger partial charge in [0, 0.05) is 12.6 Å². The van der Waals surface area contributed by atoms with Gasteiger partial charge < -0.3 is 5.11 Å². The number of hydrogen-bond donors (Lipinski definition) is 1. The fourth-order valence-electron chi connectivity index (χ4n) is 4.21. The zero-order valence-corrected chi connectivity index (χ0v) is 17.3. The van der Waals surface area contributed by atoms with E-state index in [1.165, 1.54) is 27.8 Å². The van der Waals surface area contributed by atoms with Crippen LogP contribution >= 0.6 is 0 Å². The smallest absolute Gasteiger partial charge is 0.0942 e. The van der Waals surface area contributed by atoms with Crippen LogP contribution < -0.4 is 0 Å². The lowest BCUT2D eigenvalue weighted by Gasteiger charge is -2.28. The van der Waals surface area contributed by atoms with Crippen molar-refractivity contribution in [2.45, 2.75) is 31.9 Å². The normalized spacial score (nSPS) is 15.2. The molecule has 0 spiro atoms. The minimum atomic E-state index is -0.506. The predicted molar refractivity (Wildman–Crippen MR) is 121 cm³/mol. The van der Waals surface area contributed by atoms with Gasteiger partial charge in [0.25, 0.3) is 0 Å². The van der Waals surface area contributed by atoms with Crippen molar-refractivity contribution in [2.24, 2.45) is 0 Å². The van der Waals surface area contributed by atoms with Crippen LogP contribution in [0.25, 0.3) is 5.57 Å². The van der Waals surface area contributed by atoms with Crippen molar-refractivity contribution in [2.75, 3.05) is 13.6 Å². The van der Waals surface area contributed by atoms with Crippen LogP contribution in [0.5, 0.6) is 0 Å². The molecule has 0 amide bonds. The highest BCUT2D eigenvalue weighted by Gasteiger charge is 2.21. The number of aryl methyl sites for hydroxylation is 2. The zero-order chi connectivity index (χ0) is 20.2. The van der Waals surface area contributed by atoms with Gasteiger partial charge in [-0.05, 0) is 60.2 Å². The molecule has 1 aliphatic carbocycles. The summed E-state index contributed by atoms with van der Waals surface area (Å²) < 4.78 is 0. The fourth-order valence-corrected chi connectivity index (χ4v) is 4.21. The number of fused-ring (bicyclic) bond motifs is 2. The average Bonchev–Trinajstić information content (AvgIpc) is 2.94. The Balaban J connectivity index is 1.62. The highest BCUT2D eigenvalue weighted by molar-refractivity contribution is 5.84. The summed E-state index contributed by atoms with van der Waals surface area (Å²) in [4.78, 5) is 2.22. The van der Waals surface area contributed by atoms with E-state index >= 15 is 0 Å². The summed E-state index contributed by atoms with van der Waals surface area (Å²) in [5.74, 6) is 0. The summed E-state index contributed by atoms with van der Waals surface area (Å²) in [5, 5.41) is 10.8. The number of aliphatic hydroxyl groups is 1. The molecule has 1 N–H and O–H groups in total. The van der Waals surface area contributed by atoms with Crippen molar-refractivity contribution in [3.8, 4) is 0 Å². The van der Waals surface area contributed by atoms with Gasteiger partial charge in [-0.25, -0.2) is 0 Å². The third-order valence-corrected chi connectivity index (χ3v) is 6.16. The lowest BCUT2D eigenvalue weighted by molar-refractivity contribution is 0.0787. The first-order valence-corrected chi connectivity index (χ1v) is 10.4. The third kappa shape index (κ3) is 4.19. The summed E-state index contributed by atoms with van der Waals surface area (Å²) >= 11 is 0. The molecule has 0 radical (unpaired) electrons. The van der Waals surface area contributed by atoms with Gasteiger partial charge >= 0.3 is 0 Å². The predicted octanol–water partition coefficient (Wildman–Crippen LogP) is 5.27. The molecule has 0 saturated heterocycles. The Morgan fingerprint density at radius 1 is 0.828 bits per heavy atom. The second-order valence-corrected chi connectivity index (χ2v) is 7.97. The Labute approximate surface area is 174 Å². The Hall–Kier alpha value is -2.68. The monoisotopic (exact) mass is 383 g/mol. The minimum absolute atomic E-state index is 0.0190. The van der Waals surface area contributed by atoms with Crippen molar-refractivity contribution in [1.82, 2.24) is 4.90 Å². The van der Waals surface area contributed by atoms with E-state index < -0.39 is 6.10 Å². The summed E-state index contributed by atoms with van der Waals surface area (Å²) in [5.41, 5.74) is 7.76. The van der Waals surface area contributed by atoms with Crippen molar-refractivity contribution in [1.29, 1.82) is 0 Å². The van der Waals surface area contributed by atoms with Crippen LogP contribution in [0.4, 0.5) is 0 Å². The SMILES string of the molecule is C[C@@H]([C@@H](O)c1ccccc1)N(C)CC=C1c2ccccc2CCc2ccccc21. The van der Waals surface area contributed by atoms with Gasteiger partial charge in [-0.2, -0.15) is 0 Å². The minimum Gasteiger partial charge on any atom is -0.387 e. The van der Waals surface area contributed by atoms with Gasteiger partial charge in [0.05, 0.1) is 6.10 Å². The first-order chi connectivity index (χ1) is 14.1. The van der Waals surface area contributed by atoms with Crippen molar-refractivity contribution >= 4 is 5.57 Å². The molecule has 2 atom stereocenters. The lowest BCUT2D eigenvalue weighted by atomic mass is 9.93. The van der Waals surface area contributed by atoms with Crippen LogP contribution in [-0.4, -0.2) is 29.6 Å². The van der Waals surface area contributed by atoms with Gasteiger partial charge in [-0.3, -0.25) is 4.90 Å². The van der Waals surface area contributed by atoms with Gasteiger partial charge in [0.2, 0.25) is 0 Å². The van der Waals surface area contributed by atoms with Crippen molar-refractivity contribution in [3.05, 3.63) is 113 Å². The van der Waals surface area contributed by atoms with Crippen LogP contribution in [-0.2, 0) is 12.8 Å². The topological polar surface area (TPSA) is 23.5 Å². The lowest BCUT2D eigenvalue weighted by Crippen LogP contribution is -2.34. The fraction of sp³-hybridized carbons (Fsp3) is 0.259. The standard InChI is InChI=1S/C27H29NO/c1-20(27(29)23-12-4-3-5-13-23)28(2)19-18-26-24-14-8-6-10-21(24)16-17-22-11-7-9-15-25(22)26/h3-15,18,20,27,29H,16-17,19H2,1-2H3/t20-,27+/m0/s1. The first-order valence-electron chi connectivity index (χ1n) is 10.4. The molecule has 3 aromatic carbocycles. The van der Waals surface area contributed by atoms with Crippen LogP contribution in [0.15, 0.2) is 84.9 Å². The number of hydrogen-bond acceptors (Lipinski definition) is 2. The number of benzene rings is 3. The van der Waals surface area contributed by atoms with Crippen LogP contribution in [0.1, 0.15) is 40.8 Å². The van der Waals surface area contributed by atoms with E-state index in [0.717, 1.165) is 24.9 Å². The van der Waals surface area contributed by atoms with E-state index in [1.54, 1.807) is 0 Å². The molecule has 2 nitrogen and oxygen atoms in total. The maximum absolute atomic E-state index is 10.8. The van der Waals surface area contributed by atoms with E-state index in [1.807, 2.05) is 30.3 Å². The molecule has 0 fully saturated rings. The van der Waals surface area contributed by atoms with Crippen LogP contribution in [0.3, 0.4) is 0 Å². The summed E-state index contributed by atoms with van der Waals surface area (Å²) in [7, 11) is 2.09. The maximum Gasteiger partial charge on any atom is 0.0942 e. The van der Waals surface area contributed by atoms with Crippen LogP contribution in [0, 0.1) is 0 Å². The van der Waals surface area contributed by atoms with Crippen molar-refractivity contribution in [3.63, 3.8) is 0 Å². The highest BCUT2D eigenvalue weighted by Crippen LogP contribution is 2.33. The Morgan fingerprint density at radius 2 is 1.34 bits per heavy atom. The molecular weight excluding hydrogens is 354 g/mol. The van der Waals surface area contributed by atoms with Gasteiger partial charge in [0.1, 0.15) is 0 Å². The second-order valence-electron chi connectivity index (χ2n) is 7.97. The number of nitrogens with zero attached hydrogens (tertiary/aromatic N) is 1. The molecule has 0 aliphatic heterocycles. The van der Waals surface area contributed by atoms with E-state index in [2.05, 4.69) is 73.5 Å². The van der Waals surface area contributed by atoms with E-state index in [4.69, 9.17) is 0 Å². The van der Waals surface area contributed by atoms with Gasteiger partial charge in [-0.1, -0.05) is 84.9 Å². The molecule has 0 bridgehead atoms. The molecule has 0 unspecified atom stereocenters. The van der Waals surface area contributed by atoms with E-state index in [-0.39, 0.29) is 6.04 Å². The second kappa shape index (κ2) is 8.77. The van der Waals surface area contributed by atoms with Crippen molar-refractivity contribution < 1.29 is 5.11 Å². The van der Waals surface area contributed by atoms with Crippen LogP contribution in [0.2, 0.25) is 0 Å². The Bertz CT molecular complexity index is 943. The first kappa shape index (κ1) is 19.6. The van der Waals surface area contributed by atoms with Gasteiger partial charge in [-0.15, -0.1) is 0 Å². The Kier molecular flexibility index (Phi) is 5.94. The summed E-state index contributed by atoms with van der Waals surface area (Å²) in [6.07, 6.45) is 3.97. The number of likely N-dealkylation sites (N-methyl/N-ethyl adjacent to an activating group) is 1. The largest absolute Gasteiger partial charge is 0.387 e. The molecule has 148 valence electrons. The molecule has 1 aliphatic rings. The molecule has 4 rings (SSSR count). The molecule has 0 aromatic heterocycles. The molecule has 29 heavy (non-hydrogen) atoms.